The zero-order valence-corrected chi connectivity index (χ0v) is 5.37. The van der Waals surface area contributed by atoms with E-state index >= 15 is 0 Å². The van der Waals surface area contributed by atoms with Gasteiger partial charge in [0.05, 0.1) is 0 Å². The fourth-order valence-electron chi connectivity index (χ4n) is 0.0430. The second-order valence-electron chi connectivity index (χ2n) is 0.579. The van der Waals surface area contributed by atoms with Gasteiger partial charge in [0.1, 0.15) is 0 Å². The van der Waals surface area contributed by atoms with Crippen LogP contribution in [0.5, 0.6) is 0 Å². The standard InChI is InChI=1S/H2O5S.Ti/c1-5-6(2,3)4;/h1H,(H,2,3,4);/q;+1/p-1. The summed E-state index contributed by atoms with van der Waals surface area (Å²) in [5, 5.41) is 0. The van der Waals surface area contributed by atoms with Gasteiger partial charge in [0, 0.05) is 0 Å². The zero-order chi connectivity index (χ0) is 5.91. The first-order valence-corrected chi connectivity index (χ1v) is 3.06. The Bertz CT molecular complexity index is 121. The van der Waals surface area contributed by atoms with Gasteiger partial charge < -0.3 is 0 Å². The third-order valence-electron chi connectivity index (χ3n) is 0.120. The van der Waals surface area contributed by atoms with Gasteiger partial charge in [-0.3, -0.25) is 0 Å². The fourth-order valence-corrected chi connectivity index (χ4v) is 0.532. The van der Waals surface area contributed by atoms with E-state index in [0.29, 0.717) is 0 Å². The second kappa shape index (κ2) is 2.76. The van der Waals surface area contributed by atoms with Crippen LogP contribution in [0.15, 0.2) is 0 Å². The molecule has 5 nitrogen and oxygen atoms in total. The van der Waals surface area contributed by atoms with Crippen LogP contribution in [0.1, 0.15) is 0 Å². The van der Waals surface area contributed by atoms with Gasteiger partial charge in [0.15, 0.2) is 0 Å². The van der Waals surface area contributed by atoms with Crippen LogP contribution < -0.4 is 0 Å². The molecule has 41 valence electrons. The van der Waals surface area contributed by atoms with E-state index in [1.165, 1.54) is 0 Å². The summed E-state index contributed by atoms with van der Waals surface area (Å²) in [5.41, 5.74) is 0. The Labute approximate surface area is 52.4 Å². The van der Waals surface area contributed by atoms with Gasteiger partial charge in [0.25, 0.3) is 0 Å². The van der Waals surface area contributed by atoms with Crippen molar-refractivity contribution in [3.8, 4) is 0 Å². The second-order valence-corrected chi connectivity index (χ2v) is 1.83. The Hall–Kier alpha value is 0.544. The van der Waals surface area contributed by atoms with Crippen molar-refractivity contribution in [1.29, 1.82) is 0 Å². The first kappa shape index (κ1) is 7.54. The average Bonchev–Trinajstić information content (AvgIpc) is 1.30. The van der Waals surface area contributed by atoms with Crippen molar-refractivity contribution in [3.05, 3.63) is 0 Å². The molecule has 7 heteroatoms. The molecule has 0 aromatic carbocycles. The minimum absolute atomic E-state index is 0.966. The van der Waals surface area contributed by atoms with Crippen molar-refractivity contribution < 1.29 is 41.6 Å². The van der Waals surface area contributed by atoms with Crippen LogP contribution in [-0.4, -0.2) is 13.0 Å². The normalized spacial score (nSPS) is 11.4. The third kappa shape index (κ3) is 6.54. The molecule has 0 aromatic rings. The molecule has 0 heterocycles. The van der Waals surface area contributed by atoms with Crippen molar-refractivity contribution in [3.63, 3.8) is 0 Å². The van der Waals surface area contributed by atoms with Gasteiger partial charge in [0.2, 0.25) is 0 Å². The molecule has 0 bridgehead atoms. The molecule has 0 spiro atoms. The quantitative estimate of drug-likeness (QED) is 0.248. The molecule has 0 radical (unpaired) electrons. The van der Waals surface area contributed by atoms with Gasteiger partial charge in [-0.1, -0.05) is 0 Å². The Kier molecular flexibility index (Phi) is 2.97. The molecule has 0 atom stereocenters. The van der Waals surface area contributed by atoms with E-state index in [1.54, 1.807) is 0 Å². The summed E-state index contributed by atoms with van der Waals surface area (Å²) >= 11 is 0.966. The predicted molar refractivity (Wildman–Crippen MR) is 13.7 cm³/mol. The van der Waals surface area contributed by atoms with Gasteiger partial charge >= 0.3 is 52.0 Å². The maximum atomic E-state index is 9.44. The molecule has 1 N–H and O–H groups in total. The van der Waals surface area contributed by atoms with Crippen molar-refractivity contribution >= 4 is 10.4 Å². The van der Waals surface area contributed by atoms with Crippen LogP contribution in [0.2, 0.25) is 0 Å². The molecular weight excluding hydrogens is 160 g/mol. The van der Waals surface area contributed by atoms with E-state index in [4.69, 9.17) is 4.55 Å². The van der Waals surface area contributed by atoms with Crippen LogP contribution in [0, 0.1) is 0 Å². The van der Waals surface area contributed by atoms with E-state index in [0.717, 1.165) is 20.8 Å². The van der Waals surface area contributed by atoms with Crippen molar-refractivity contribution in [2.45, 2.75) is 0 Å². The molecule has 0 rings (SSSR count). The molecule has 0 amide bonds. The Morgan fingerprint density at radius 3 is 2.00 bits per heavy atom. The van der Waals surface area contributed by atoms with Gasteiger partial charge in [-0.05, 0) is 0 Å². The number of rotatable bonds is 2. The Morgan fingerprint density at radius 1 is 1.57 bits per heavy atom. The van der Waals surface area contributed by atoms with Crippen LogP contribution in [0.4, 0.5) is 0 Å². The van der Waals surface area contributed by atoms with Crippen LogP contribution in [0.25, 0.3) is 0 Å². The first-order valence-electron chi connectivity index (χ1n) is 1.05. The predicted octanol–water partition coefficient (Wildman–Crippen LogP) is -0.801. The summed E-state index contributed by atoms with van der Waals surface area (Å²) in [6.45, 7) is 0. The fraction of sp³-hybridized carbons (Fsp3) is 0. The summed E-state index contributed by atoms with van der Waals surface area (Å²) in [7, 11) is -4.40. The van der Waals surface area contributed by atoms with Crippen LogP contribution in [0.3, 0.4) is 0 Å². The van der Waals surface area contributed by atoms with Crippen LogP contribution in [-0.2, 0) is 39.0 Å². The summed E-state index contributed by atoms with van der Waals surface area (Å²) < 4.78 is 33.3. The molecule has 0 aliphatic rings. The van der Waals surface area contributed by atoms with E-state index in [9.17, 15) is 8.42 Å². The topological polar surface area (TPSA) is 72.8 Å². The third-order valence-corrected chi connectivity index (χ3v) is 0.679. The summed E-state index contributed by atoms with van der Waals surface area (Å²) in [6.07, 6.45) is 0. The van der Waals surface area contributed by atoms with Gasteiger partial charge in [-0.25, -0.2) is 0 Å². The van der Waals surface area contributed by atoms with E-state index < -0.39 is 10.4 Å². The molecule has 0 aliphatic heterocycles. The molecule has 0 saturated carbocycles. The van der Waals surface area contributed by atoms with E-state index in [-0.39, 0.29) is 0 Å². The van der Waals surface area contributed by atoms with Crippen molar-refractivity contribution in [2.75, 3.05) is 0 Å². The Morgan fingerprint density at radius 2 is 2.00 bits per heavy atom. The minimum atomic E-state index is -4.40. The maximum absolute atomic E-state index is 9.44. The first-order chi connectivity index (χ1) is 3.06. The molecule has 0 fully saturated rings. The SMILES string of the molecule is O=S(=O)(O)O[O][Ti]. The number of hydrogen-bond acceptors (Lipinski definition) is 4. The summed E-state index contributed by atoms with van der Waals surface area (Å²) in [5.74, 6) is 0. The van der Waals surface area contributed by atoms with Gasteiger partial charge in [-0.2, -0.15) is 0 Å². The Balaban J connectivity index is 3.60. The summed E-state index contributed by atoms with van der Waals surface area (Å²) in [4.78, 5) is 0. The van der Waals surface area contributed by atoms with Crippen molar-refractivity contribution in [1.82, 2.24) is 0 Å². The van der Waals surface area contributed by atoms with E-state index in [2.05, 4.69) is 7.80 Å². The summed E-state index contributed by atoms with van der Waals surface area (Å²) in [6, 6.07) is 0. The molecule has 0 aliphatic carbocycles. The molecule has 7 heavy (non-hydrogen) atoms. The van der Waals surface area contributed by atoms with Gasteiger partial charge in [-0.15, -0.1) is 0 Å². The monoisotopic (exact) mass is 161 g/mol. The molecule has 0 saturated heterocycles. The average molecular weight is 161 g/mol. The van der Waals surface area contributed by atoms with Crippen molar-refractivity contribution in [2.24, 2.45) is 0 Å². The van der Waals surface area contributed by atoms with Crippen LogP contribution >= 0.6 is 0 Å². The molecule has 0 unspecified atom stereocenters. The number of hydrogen-bond donors (Lipinski definition) is 1. The molecular formula is HO5STi. The molecule has 0 aromatic heterocycles. The zero-order valence-electron chi connectivity index (χ0n) is 2.99. The van der Waals surface area contributed by atoms with E-state index in [1.807, 2.05) is 0 Å².